The Labute approximate surface area is 121 Å². The van der Waals surface area contributed by atoms with Gasteiger partial charge in [-0.2, -0.15) is 0 Å². The summed E-state index contributed by atoms with van der Waals surface area (Å²) in [5.41, 5.74) is 5.52. The van der Waals surface area contributed by atoms with Crippen LogP contribution in [0.1, 0.15) is 58.3 Å². The summed E-state index contributed by atoms with van der Waals surface area (Å²) in [5, 5.41) is 3.07. The predicted octanol–water partition coefficient (Wildman–Crippen LogP) is 2.77. The maximum Gasteiger partial charge on any atom is 0.223 e. The Morgan fingerprint density at radius 3 is 2.63 bits per heavy atom. The Morgan fingerprint density at radius 1 is 1.26 bits per heavy atom. The van der Waals surface area contributed by atoms with Crippen LogP contribution >= 0.6 is 12.2 Å². The normalized spacial score (nSPS) is 32.2. The van der Waals surface area contributed by atoms with Crippen LogP contribution in [-0.2, 0) is 4.79 Å². The minimum atomic E-state index is 0.0640. The lowest BCUT2D eigenvalue weighted by Crippen LogP contribution is -2.42. The highest BCUT2D eigenvalue weighted by Crippen LogP contribution is 2.42. The first-order valence-electron chi connectivity index (χ1n) is 7.65. The van der Waals surface area contributed by atoms with E-state index in [0.717, 1.165) is 24.7 Å². The number of nitrogens with two attached hydrogens (primary N) is 1. The van der Waals surface area contributed by atoms with Crippen LogP contribution in [0.4, 0.5) is 0 Å². The van der Waals surface area contributed by atoms with Crippen molar-refractivity contribution in [2.75, 3.05) is 0 Å². The maximum absolute atomic E-state index is 12.3. The lowest BCUT2D eigenvalue weighted by atomic mass is 9.67. The molecule has 0 spiro atoms. The lowest BCUT2D eigenvalue weighted by molar-refractivity contribution is -0.127. The fourth-order valence-corrected chi connectivity index (χ4v) is 4.08. The van der Waals surface area contributed by atoms with Gasteiger partial charge in [0.2, 0.25) is 5.91 Å². The number of amides is 1. The summed E-state index contributed by atoms with van der Waals surface area (Å²) in [7, 11) is 0. The van der Waals surface area contributed by atoms with Crippen molar-refractivity contribution < 1.29 is 4.79 Å². The Balaban J connectivity index is 1.81. The molecule has 3 N–H and O–H groups in total. The number of fused-ring (bicyclic) bond motifs is 1. The molecule has 0 radical (unpaired) electrons. The van der Waals surface area contributed by atoms with Gasteiger partial charge in [-0.1, -0.05) is 37.9 Å². The Hall–Kier alpha value is -0.640. The van der Waals surface area contributed by atoms with Crippen LogP contribution in [0, 0.1) is 17.8 Å². The SMILES string of the molecule is CC(CC(N)=S)NC(=O)C1CCC2CCCCC2C1. The zero-order valence-electron chi connectivity index (χ0n) is 11.9. The summed E-state index contributed by atoms with van der Waals surface area (Å²) in [5.74, 6) is 2.12. The van der Waals surface area contributed by atoms with E-state index in [1.165, 1.54) is 32.1 Å². The second-order valence-corrected chi connectivity index (χ2v) is 6.92. The van der Waals surface area contributed by atoms with Crippen molar-refractivity contribution in [1.29, 1.82) is 0 Å². The number of rotatable bonds is 4. The second kappa shape index (κ2) is 6.69. The molecule has 3 nitrogen and oxygen atoms in total. The van der Waals surface area contributed by atoms with Gasteiger partial charge in [0.15, 0.2) is 0 Å². The summed E-state index contributed by atoms with van der Waals surface area (Å²) in [6.07, 6.45) is 9.46. The van der Waals surface area contributed by atoms with Crippen molar-refractivity contribution in [1.82, 2.24) is 5.32 Å². The van der Waals surface area contributed by atoms with Crippen LogP contribution < -0.4 is 11.1 Å². The third-order valence-corrected chi connectivity index (χ3v) is 4.97. The van der Waals surface area contributed by atoms with Crippen LogP contribution in [0.25, 0.3) is 0 Å². The van der Waals surface area contributed by atoms with E-state index in [1.807, 2.05) is 6.92 Å². The highest BCUT2D eigenvalue weighted by Gasteiger charge is 2.35. The number of hydrogen-bond donors (Lipinski definition) is 2. The summed E-state index contributed by atoms with van der Waals surface area (Å²) >= 11 is 4.88. The molecule has 0 aromatic carbocycles. The van der Waals surface area contributed by atoms with E-state index in [1.54, 1.807) is 0 Å². The molecule has 0 heterocycles. The van der Waals surface area contributed by atoms with E-state index in [2.05, 4.69) is 5.32 Å². The minimum Gasteiger partial charge on any atom is -0.393 e. The van der Waals surface area contributed by atoms with Gasteiger partial charge in [-0.05, 0) is 38.0 Å². The minimum absolute atomic E-state index is 0.0640. The van der Waals surface area contributed by atoms with Gasteiger partial charge >= 0.3 is 0 Å². The average Bonchev–Trinajstić information content (AvgIpc) is 2.37. The summed E-state index contributed by atoms with van der Waals surface area (Å²) in [6.45, 7) is 1.98. The van der Waals surface area contributed by atoms with Crippen LogP contribution in [0.2, 0.25) is 0 Å². The average molecular weight is 282 g/mol. The number of carbonyl (C=O) groups is 1. The van der Waals surface area contributed by atoms with Crippen molar-refractivity contribution in [2.45, 2.75) is 64.3 Å². The van der Waals surface area contributed by atoms with Crippen LogP contribution in [0.5, 0.6) is 0 Å². The van der Waals surface area contributed by atoms with E-state index < -0.39 is 0 Å². The second-order valence-electron chi connectivity index (χ2n) is 6.39. The van der Waals surface area contributed by atoms with Gasteiger partial charge in [-0.25, -0.2) is 0 Å². The van der Waals surface area contributed by atoms with E-state index in [4.69, 9.17) is 18.0 Å². The molecule has 0 aromatic heterocycles. The molecule has 2 saturated carbocycles. The van der Waals surface area contributed by atoms with E-state index in [0.29, 0.717) is 11.4 Å². The molecule has 4 atom stereocenters. The molecule has 2 rings (SSSR count). The van der Waals surface area contributed by atoms with Crippen molar-refractivity contribution in [3.8, 4) is 0 Å². The largest absolute Gasteiger partial charge is 0.393 e. The summed E-state index contributed by atoms with van der Waals surface area (Å²) in [6, 6.07) is 0.0640. The first-order chi connectivity index (χ1) is 9.06. The summed E-state index contributed by atoms with van der Waals surface area (Å²) in [4.78, 5) is 12.7. The fourth-order valence-electron chi connectivity index (χ4n) is 3.83. The van der Waals surface area contributed by atoms with Crippen LogP contribution in [0.3, 0.4) is 0 Å². The predicted molar refractivity (Wildman–Crippen MR) is 81.8 cm³/mol. The highest BCUT2D eigenvalue weighted by molar-refractivity contribution is 7.80. The van der Waals surface area contributed by atoms with E-state index in [-0.39, 0.29) is 17.9 Å². The molecular formula is C15H26N2OS. The first kappa shape index (κ1) is 14.8. The van der Waals surface area contributed by atoms with Gasteiger partial charge in [0.25, 0.3) is 0 Å². The Bertz CT molecular complexity index is 345. The Kier molecular flexibility index (Phi) is 5.20. The number of hydrogen-bond acceptors (Lipinski definition) is 2. The summed E-state index contributed by atoms with van der Waals surface area (Å²) < 4.78 is 0. The Morgan fingerprint density at radius 2 is 1.95 bits per heavy atom. The van der Waals surface area contributed by atoms with Crippen LogP contribution in [-0.4, -0.2) is 16.9 Å². The quantitative estimate of drug-likeness (QED) is 0.780. The van der Waals surface area contributed by atoms with Gasteiger partial charge in [0.1, 0.15) is 0 Å². The van der Waals surface area contributed by atoms with Crippen molar-refractivity contribution in [2.24, 2.45) is 23.5 Å². The third-order valence-electron chi connectivity index (χ3n) is 4.81. The molecule has 0 aromatic rings. The van der Waals surface area contributed by atoms with E-state index >= 15 is 0 Å². The standard InChI is InChI=1S/C15H26N2OS/c1-10(8-14(16)19)17-15(18)13-7-6-11-4-2-3-5-12(11)9-13/h10-13H,2-9H2,1H3,(H2,16,19)(H,17,18). The molecule has 19 heavy (non-hydrogen) atoms. The van der Waals surface area contributed by atoms with Gasteiger partial charge in [0, 0.05) is 18.4 Å². The van der Waals surface area contributed by atoms with Crippen molar-refractivity contribution in [3.05, 3.63) is 0 Å². The molecule has 0 aliphatic heterocycles. The molecule has 0 bridgehead atoms. The highest BCUT2D eigenvalue weighted by atomic mass is 32.1. The molecular weight excluding hydrogens is 256 g/mol. The molecule has 2 aliphatic rings. The maximum atomic E-state index is 12.3. The van der Waals surface area contributed by atoms with Gasteiger partial charge in [-0.3, -0.25) is 4.79 Å². The number of thiocarbonyl (C=S) groups is 1. The first-order valence-corrected chi connectivity index (χ1v) is 8.05. The molecule has 108 valence electrons. The molecule has 2 aliphatic carbocycles. The molecule has 4 unspecified atom stereocenters. The smallest absolute Gasteiger partial charge is 0.223 e. The van der Waals surface area contributed by atoms with Gasteiger partial charge in [0.05, 0.1) is 4.99 Å². The van der Waals surface area contributed by atoms with Crippen molar-refractivity contribution >= 4 is 23.1 Å². The lowest BCUT2D eigenvalue weighted by Gasteiger charge is -2.39. The van der Waals surface area contributed by atoms with E-state index in [9.17, 15) is 4.79 Å². The van der Waals surface area contributed by atoms with Crippen molar-refractivity contribution in [3.63, 3.8) is 0 Å². The zero-order valence-corrected chi connectivity index (χ0v) is 12.7. The third kappa shape index (κ3) is 4.16. The topological polar surface area (TPSA) is 55.1 Å². The number of carbonyl (C=O) groups excluding carboxylic acids is 1. The molecule has 1 amide bonds. The zero-order chi connectivity index (χ0) is 13.8. The monoisotopic (exact) mass is 282 g/mol. The van der Waals surface area contributed by atoms with Gasteiger partial charge in [-0.15, -0.1) is 0 Å². The van der Waals surface area contributed by atoms with Crippen LogP contribution in [0.15, 0.2) is 0 Å². The molecule has 0 saturated heterocycles. The number of nitrogens with one attached hydrogen (secondary N) is 1. The van der Waals surface area contributed by atoms with Gasteiger partial charge < -0.3 is 11.1 Å². The molecule has 2 fully saturated rings. The molecule has 4 heteroatoms. The fraction of sp³-hybridized carbons (Fsp3) is 0.867.